The van der Waals surface area contributed by atoms with Gasteiger partial charge in [0.25, 0.3) is 0 Å². The van der Waals surface area contributed by atoms with Crippen molar-refractivity contribution in [3.05, 3.63) is 50.7 Å². The lowest BCUT2D eigenvalue weighted by atomic mass is 10.1. The van der Waals surface area contributed by atoms with Gasteiger partial charge in [0.05, 0.1) is 28.2 Å². The predicted octanol–water partition coefficient (Wildman–Crippen LogP) is 3.23. The molecule has 1 fully saturated rings. The largest absolute Gasteiger partial charge is 0.477 e. The Morgan fingerprint density at radius 2 is 2.15 bits per heavy atom. The molecule has 1 saturated carbocycles. The van der Waals surface area contributed by atoms with Crippen molar-refractivity contribution >= 4 is 40.4 Å². The first-order valence-electron chi connectivity index (χ1n) is 8.73. The van der Waals surface area contributed by atoms with E-state index >= 15 is 0 Å². The van der Waals surface area contributed by atoms with Crippen molar-refractivity contribution in [1.82, 2.24) is 4.57 Å². The van der Waals surface area contributed by atoms with Gasteiger partial charge in [0.15, 0.2) is 0 Å². The van der Waals surface area contributed by atoms with Crippen LogP contribution < -0.4 is 10.3 Å². The molecule has 0 spiro atoms. The molecule has 2 aromatic rings. The van der Waals surface area contributed by atoms with Gasteiger partial charge in [-0.2, -0.15) is 0 Å². The van der Waals surface area contributed by atoms with Gasteiger partial charge in [-0.1, -0.05) is 11.6 Å². The van der Waals surface area contributed by atoms with Crippen LogP contribution in [0, 0.1) is 11.7 Å². The summed E-state index contributed by atoms with van der Waals surface area (Å²) in [6.07, 6.45) is 6.79. The molecule has 1 aromatic heterocycles. The number of carboxylic acids is 1. The van der Waals surface area contributed by atoms with Crippen molar-refractivity contribution in [2.24, 2.45) is 10.9 Å². The van der Waals surface area contributed by atoms with Crippen molar-refractivity contribution in [2.75, 3.05) is 18.0 Å². The van der Waals surface area contributed by atoms with Gasteiger partial charge in [0.1, 0.15) is 11.4 Å². The molecule has 1 N–H and O–H groups in total. The van der Waals surface area contributed by atoms with E-state index in [4.69, 9.17) is 11.6 Å². The van der Waals surface area contributed by atoms with Crippen LogP contribution in [0.3, 0.4) is 0 Å². The zero-order valence-corrected chi connectivity index (χ0v) is 14.9. The molecule has 0 amide bonds. The normalized spacial score (nSPS) is 21.0. The molecule has 6 nitrogen and oxygen atoms in total. The summed E-state index contributed by atoms with van der Waals surface area (Å²) in [5.41, 5.74) is 0.634. The minimum atomic E-state index is -1.33. The second-order valence-electron chi connectivity index (χ2n) is 7.19. The Kier molecular flexibility index (Phi) is 3.46. The van der Waals surface area contributed by atoms with Crippen LogP contribution in [0.1, 0.15) is 29.2 Å². The molecule has 0 bridgehead atoms. The van der Waals surface area contributed by atoms with Gasteiger partial charge in [0, 0.05) is 37.1 Å². The number of aromatic carboxylic acids is 1. The van der Waals surface area contributed by atoms with Crippen LogP contribution in [-0.4, -0.2) is 34.9 Å². The topological polar surface area (TPSA) is 74.9 Å². The molecule has 8 heteroatoms. The molecule has 2 aliphatic heterocycles. The minimum Gasteiger partial charge on any atom is -0.477 e. The van der Waals surface area contributed by atoms with E-state index in [0.717, 1.165) is 24.5 Å². The first-order valence-corrected chi connectivity index (χ1v) is 9.11. The van der Waals surface area contributed by atoms with Gasteiger partial charge in [-0.15, -0.1) is 0 Å². The lowest BCUT2D eigenvalue weighted by Crippen LogP contribution is -2.22. The number of benzene rings is 1. The van der Waals surface area contributed by atoms with Crippen LogP contribution in [0.15, 0.2) is 33.8 Å². The molecule has 3 aliphatic rings. The molecule has 1 atom stereocenters. The molecule has 27 heavy (non-hydrogen) atoms. The van der Waals surface area contributed by atoms with E-state index in [-0.39, 0.29) is 33.6 Å². The summed E-state index contributed by atoms with van der Waals surface area (Å²) in [4.78, 5) is 30.0. The van der Waals surface area contributed by atoms with Crippen LogP contribution in [0.5, 0.6) is 0 Å². The quantitative estimate of drug-likeness (QED) is 0.877. The van der Waals surface area contributed by atoms with E-state index in [9.17, 15) is 19.1 Å². The summed E-state index contributed by atoms with van der Waals surface area (Å²) < 4.78 is 16.7. The number of nitrogens with zero attached hydrogens (tertiary/aromatic N) is 3. The molecule has 138 valence electrons. The van der Waals surface area contributed by atoms with Crippen molar-refractivity contribution in [1.29, 1.82) is 0 Å². The van der Waals surface area contributed by atoms with Gasteiger partial charge in [0.2, 0.25) is 5.43 Å². The maximum absolute atomic E-state index is 15.0. The highest BCUT2D eigenvalue weighted by atomic mass is 35.5. The van der Waals surface area contributed by atoms with Crippen molar-refractivity contribution < 1.29 is 14.3 Å². The summed E-state index contributed by atoms with van der Waals surface area (Å²) in [5, 5.41) is 9.48. The van der Waals surface area contributed by atoms with Gasteiger partial charge >= 0.3 is 5.97 Å². The summed E-state index contributed by atoms with van der Waals surface area (Å²) in [6, 6.07) is 1.19. The third kappa shape index (κ3) is 2.41. The fourth-order valence-corrected chi connectivity index (χ4v) is 4.31. The fraction of sp³-hybridized carbons (Fsp3) is 0.316. The lowest BCUT2D eigenvalue weighted by Gasteiger charge is -2.22. The fourth-order valence-electron chi connectivity index (χ4n) is 3.91. The van der Waals surface area contributed by atoms with Gasteiger partial charge in [-0.05, 0) is 24.5 Å². The summed E-state index contributed by atoms with van der Waals surface area (Å²) in [6.45, 7) is 1.14. The molecule has 0 radical (unpaired) electrons. The number of pyridine rings is 1. The highest BCUT2D eigenvalue weighted by Gasteiger charge is 2.33. The predicted molar refractivity (Wildman–Crippen MR) is 101 cm³/mol. The highest BCUT2D eigenvalue weighted by Crippen LogP contribution is 2.43. The first-order chi connectivity index (χ1) is 13.0. The van der Waals surface area contributed by atoms with Crippen LogP contribution in [0.25, 0.3) is 10.9 Å². The van der Waals surface area contributed by atoms with E-state index in [0.29, 0.717) is 18.6 Å². The van der Waals surface area contributed by atoms with Crippen LogP contribution >= 0.6 is 11.6 Å². The number of hydrogen-bond acceptors (Lipinski definition) is 4. The van der Waals surface area contributed by atoms with Crippen molar-refractivity contribution in [3.8, 4) is 0 Å². The smallest absolute Gasteiger partial charge is 0.341 e. The van der Waals surface area contributed by atoms with Crippen LogP contribution in [-0.2, 0) is 0 Å². The number of rotatable bonds is 3. The Labute approximate surface area is 158 Å². The Hall–Kier alpha value is -2.67. The molecule has 5 rings (SSSR count). The van der Waals surface area contributed by atoms with Gasteiger partial charge in [-0.25, -0.2) is 9.18 Å². The maximum Gasteiger partial charge on any atom is 0.341 e. The minimum absolute atomic E-state index is 0.00153. The van der Waals surface area contributed by atoms with Crippen molar-refractivity contribution in [2.45, 2.75) is 18.9 Å². The number of anilines is 1. The number of carboxylic acid groups (broad SMARTS) is 1. The Balaban J connectivity index is 1.77. The van der Waals surface area contributed by atoms with Gasteiger partial charge in [-0.3, -0.25) is 9.79 Å². The summed E-state index contributed by atoms with van der Waals surface area (Å²) in [5.74, 6) is -1.81. The Morgan fingerprint density at radius 3 is 2.81 bits per heavy atom. The second-order valence-corrected chi connectivity index (χ2v) is 7.56. The van der Waals surface area contributed by atoms with E-state index in [1.165, 1.54) is 6.20 Å². The van der Waals surface area contributed by atoms with Crippen LogP contribution in [0.4, 0.5) is 10.1 Å². The second kappa shape index (κ2) is 5.66. The molecule has 1 aromatic carbocycles. The van der Waals surface area contributed by atoms with E-state index in [1.807, 2.05) is 12.4 Å². The average molecular weight is 388 g/mol. The number of halogens is 2. The Morgan fingerprint density at radius 1 is 1.37 bits per heavy atom. The third-order valence-corrected chi connectivity index (χ3v) is 5.75. The SMILES string of the molecule is O=C(O)c1cn(C2CC2)c2c(Cl)c(N3C=C4CN=CC4C3)c(F)cc2c1=O. The van der Waals surface area contributed by atoms with E-state index in [2.05, 4.69) is 4.99 Å². The van der Waals surface area contributed by atoms with Gasteiger partial charge < -0.3 is 14.6 Å². The van der Waals surface area contributed by atoms with Crippen LogP contribution in [0.2, 0.25) is 5.02 Å². The molecule has 3 heterocycles. The van der Waals surface area contributed by atoms with E-state index < -0.39 is 17.2 Å². The Bertz CT molecular complexity index is 1130. The molecule has 1 aliphatic carbocycles. The highest BCUT2D eigenvalue weighted by molar-refractivity contribution is 6.38. The standard InChI is InChI=1S/C19H15ClFN3O3/c20-15-16-12(18(25)13(19(26)27)8-24(16)11-1-2-11)3-14(21)17(15)23-6-9-4-22-5-10(9)7-23/h3-4,7-9,11H,1-2,5-6H2,(H,26,27). The number of aromatic nitrogens is 1. The summed E-state index contributed by atoms with van der Waals surface area (Å²) >= 11 is 6.61. The number of aliphatic imine (C=N–C) groups is 1. The average Bonchev–Trinajstić information content (AvgIpc) is 3.24. The molecular formula is C19H15ClFN3O3. The first kappa shape index (κ1) is 16.5. The van der Waals surface area contributed by atoms with Crippen molar-refractivity contribution in [3.63, 3.8) is 0 Å². The summed E-state index contributed by atoms with van der Waals surface area (Å²) in [7, 11) is 0. The molecule has 1 unspecified atom stereocenters. The number of fused-ring (bicyclic) bond motifs is 2. The van der Waals surface area contributed by atoms with E-state index in [1.54, 1.807) is 9.47 Å². The molecule has 0 saturated heterocycles. The zero-order valence-electron chi connectivity index (χ0n) is 14.2. The monoisotopic (exact) mass is 387 g/mol. The third-order valence-electron chi connectivity index (χ3n) is 5.39. The zero-order chi connectivity index (χ0) is 18.9. The lowest BCUT2D eigenvalue weighted by molar-refractivity contribution is 0.0695. The number of carbonyl (C=O) groups is 1. The number of hydrogen-bond donors (Lipinski definition) is 1. The maximum atomic E-state index is 15.0. The molecular weight excluding hydrogens is 373 g/mol.